The zero-order valence-corrected chi connectivity index (χ0v) is 11.8. The van der Waals surface area contributed by atoms with Crippen molar-refractivity contribution >= 4 is 29.4 Å². The van der Waals surface area contributed by atoms with Crippen LogP contribution in [0.2, 0.25) is 0 Å². The predicted octanol–water partition coefficient (Wildman–Crippen LogP) is -0.300. The van der Waals surface area contributed by atoms with Gasteiger partial charge < -0.3 is 21.4 Å². The molecule has 9 heteroatoms. The molecule has 0 spiro atoms. The average molecular weight is 284 g/mol. The lowest BCUT2D eigenvalue weighted by atomic mass is 10.1. The summed E-state index contributed by atoms with van der Waals surface area (Å²) in [6.45, 7) is 1.50. The van der Waals surface area contributed by atoms with Crippen molar-refractivity contribution in [1.29, 1.82) is 5.41 Å². The Morgan fingerprint density at radius 1 is 1.63 bits per heavy atom. The molecular formula is C10H20N8S. The lowest BCUT2D eigenvalue weighted by Gasteiger charge is -2.20. The van der Waals surface area contributed by atoms with E-state index in [0.29, 0.717) is 17.5 Å². The fraction of sp³-hybridized carbons (Fsp3) is 0.700. The topological polar surface area (TPSA) is 120 Å². The van der Waals surface area contributed by atoms with Crippen molar-refractivity contribution in [2.24, 2.45) is 5.73 Å². The maximum Gasteiger partial charge on any atom is 0.270 e. The second kappa shape index (κ2) is 8.62. The van der Waals surface area contributed by atoms with Crippen LogP contribution >= 0.6 is 12.2 Å². The number of nitrogens with zero attached hydrogens (tertiary/aromatic N) is 4. The minimum absolute atomic E-state index is 0.193. The zero-order valence-electron chi connectivity index (χ0n) is 11.0. The summed E-state index contributed by atoms with van der Waals surface area (Å²) in [5.41, 5.74) is 6.04. The van der Waals surface area contributed by atoms with E-state index >= 15 is 0 Å². The Bertz CT molecular complexity index is 379. The summed E-state index contributed by atoms with van der Waals surface area (Å²) < 4.78 is 0. The maximum absolute atomic E-state index is 6.87. The third kappa shape index (κ3) is 5.37. The van der Waals surface area contributed by atoms with Gasteiger partial charge in [0.05, 0.1) is 6.04 Å². The normalized spacial score (nSPS) is 12.1. The van der Waals surface area contributed by atoms with Gasteiger partial charge >= 0.3 is 0 Å². The number of nitrogens with two attached hydrogens (primary N) is 1. The Kier molecular flexibility index (Phi) is 7.08. The summed E-state index contributed by atoms with van der Waals surface area (Å²) in [6.07, 6.45) is 4.15. The van der Waals surface area contributed by atoms with Crippen molar-refractivity contribution < 1.29 is 0 Å². The predicted molar refractivity (Wildman–Crippen MR) is 78.7 cm³/mol. The van der Waals surface area contributed by atoms with E-state index in [0.717, 1.165) is 25.8 Å². The smallest absolute Gasteiger partial charge is 0.270 e. The van der Waals surface area contributed by atoms with Crippen LogP contribution in [0.3, 0.4) is 0 Å². The lowest BCUT2D eigenvalue weighted by molar-refractivity contribution is 0.613. The van der Waals surface area contributed by atoms with Gasteiger partial charge in [0, 0.05) is 19.8 Å². The molecule has 0 radical (unpaired) electrons. The van der Waals surface area contributed by atoms with Crippen LogP contribution in [0, 0.1) is 5.41 Å². The van der Waals surface area contributed by atoms with E-state index in [2.05, 4.69) is 25.9 Å². The van der Waals surface area contributed by atoms with Crippen molar-refractivity contribution in [2.75, 3.05) is 25.0 Å². The molecular weight excluding hydrogens is 264 g/mol. The van der Waals surface area contributed by atoms with Gasteiger partial charge in [0.15, 0.2) is 0 Å². The molecule has 0 bridgehead atoms. The number of H-pyrrole nitrogens is 1. The van der Waals surface area contributed by atoms with Crippen LogP contribution in [0.25, 0.3) is 0 Å². The van der Waals surface area contributed by atoms with E-state index in [4.69, 9.17) is 23.4 Å². The van der Waals surface area contributed by atoms with Crippen LogP contribution in [-0.4, -0.2) is 58.0 Å². The third-order valence-corrected chi connectivity index (χ3v) is 3.22. The molecule has 5 N–H and O–H groups in total. The largest absolute Gasteiger partial charge is 0.322 e. The molecule has 1 unspecified atom stereocenters. The van der Waals surface area contributed by atoms with E-state index in [-0.39, 0.29) is 6.04 Å². The molecule has 1 aromatic rings. The molecule has 0 saturated carbocycles. The summed E-state index contributed by atoms with van der Waals surface area (Å²) in [6, 6.07) is -0.193. The molecule has 0 amide bonds. The van der Waals surface area contributed by atoms with Crippen LogP contribution in [-0.2, 0) is 0 Å². The molecule has 0 fully saturated rings. The van der Waals surface area contributed by atoms with Crippen molar-refractivity contribution in [3.63, 3.8) is 0 Å². The molecule has 0 aliphatic heterocycles. The molecule has 0 aliphatic rings. The van der Waals surface area contributed by atoms with Crippen LogP contribution in [0.15, 0.2) is 0 Å². The summed E-state index contributed by atoms with van der Waals surface area (Å²) in [5, 5.41) is 23.6. The van der Waals surface area contributed by atoms with Crippen molar-refractivity contribution in [3.05, 3.63) is 0 Å². The number of rotatable bonds is 9. The first kappa shape index (κ1) is 15.6. The Hall–Kier alpha value is -1.45. The Morgan fingerprint density at radius 2 is 2.42 bits per heavy atom. The first-order chi connectivity index (χ1) is 9.16. The van der Waals surface area contributed by atoms with E-state index in [1.54, 1.807) is 11.9 Å². The second-order valence-electron chi connectivity index (χ2n) is 4.12. The molecule has 0 saturated heterocycles. The summed E-state index contributed by atoms with van der Waals surface area (Å²) in [7, 11) is 1.78. The highest BCUT2D eigenvalue weighted by molar-refractivity contribution is 7.80. The van der Waals surface area contributed by atoms with E-state index in [1.807, 2.05) is 0 Å². The Morgan fingerprint density at radius 3 is 3.05 bits per heavy atom. The number of hydrogen-bond acceptors (Lipinski definition) is 7. The van der Waals surface area contributed by atoms with Gasteiger partial charge in [-0.15, -0.1) is 5.10 Å². The maximum atomic E-state index is 6.87. The quantitative estimate of drug-likeness (QED) is 0.279. The number of hydrogen-bond donors (Lipinski definition) is 4. The Balaban J connectivity index is 2.23. The van der Waals surface area contributed by atoms with Gasteiger partial charge in [-0.2, -0.15) is 5.21 Å². The van der Waals surface area contributed by atoms with Crippen molar-refractivity contribution in [2.45, 2.75) is 25.3 Å². The number of nitrogens with one attached hydrogen (secondary N) is 3. The molecule has 106 valence electrons. The number of anilines is 1. The second-order valence-corrected chi connectivity index (χ2v) is 4.54. The highest BCUT2D eigenvalue weighted by Gasteiger charge is 2.17. The van der Waals surface area contributed by atoms with E-state index < -0.39 is 0 Å². The van der Waals surface area contributed by atoms with Crippen molar-refractivity contribution in [1.82, 2.24) is 25.9 Å². The number of tetrazole rings is 1. The number of aromatic nitrogens is 4. The average Bonchev–Trinajstić information content (AvgIpc) is 2.94. The van der Waals surface area contributed by atoms with Gasteiger partial charge in [-0.3, -0.25) is 0 Å². The molecule has 1 heterocycles. The molecule has 1 aromatic heterocycles. The highest BCUT2D eigenvalue weighted by Crippen LogP contribution is 2.07. The van der Waals surface area contributed by atoms with Gasteiger partial charge in [0.2, 0.25) is 0 Å². The number of unbranched alkanes of at least 4 members (excludes halogenated alkanes) is 1. The van der Waals surface area contributed by atoms with Gasteiger partial charge in [-0.25, -0.2) is 0 Å². The molecule has 0 aliphatic carbocycles. The molecule has 19 heavy (non-hydrogen) atoms. The van der Waals surface area contributed by atoms with Crippen LogP contribution in [0.1, 0.15) is 19.3 Å². The fourth-order valence-corrected chi connectivity index (χ4v) is 1.76. The summed E-state index contributed by atoms with van der Waals surface area (Å²) in [4.78, 5) is 2.27. The van der Waals surface area contributed by atoms with Crippen LogP contribution in [0.4, 0.5) is 5.95 Å². The van der Waals surface area contributed by atoms with Gasteiger partial charge in [-0.1, -0.05) is 23.7 Å². The number of thiocarbonyl (C=S) groups is 1. The first-order valence-electron chi connectivity index (χ1n) is 6.13. The van der Waals surface area contributed by atoms with Crippen LogP contribution in [0.5, 0.6) is 0 Å². The zero-order chi connectivity index (χ0) is 14.1. The molecule has 8 nitrogen and oxygen atoms in total. The standard InChI is InChI=1S/C10H20N8S/c1-18(10-14-16-17-15-10)9(19)8(12)4-2-3-6-13-7-5-11/h5,8,11,13H,2-4,6-7,12H2,1H3,(H,14,15,16,17). The van der Waals surface area contributed by atoms with Gasteiger partial charge in [0.1, 0.15) is 4.99 Å². The van der Waals surface area contributed by atoms with Crippen LogP contribution < -0.4 is 16.0 Å². The minimum Gasteiger partial charge on any atom is -0.322 e. The monoisotopic (exact) mass is 284 g/mol. The summed E-state index contributed by atoms with van der Waals surface area (Å²) >= 11 is 5.30. The van der Waals surface area contributed by atoms with Gasteiger partial charge in [-0.05, 0) is 24.6 Å². The van der Waals surface area contributed by atoms with Crippen molar-refractivity contribution in [3.8, 4) is 0 Å². The summed E-state index contributed by atoms with van der Waals surface area (Å²) in [5.74, 6) is 0.424. The number of aromatic amines is 1. The van der Waals surface area contributed by atoms with E-state index in [9.17, 15) is 0 Å². The number of likely N-dealkylation sites (N-methyl/N-ethyl adjacent to an activating group) is 1. The van der Waals surface area contributed by atoms with E-state index in [1.165, 1.54) is 6.21 Å². The molecule has 1 atom stereocenters. The Labute approximate surface area is 117 Å². The third-order valence-electron chi connectivity index (χ3n) is 2.65. The highest BCUT2D eigenvalue weighted by atomic mass is 32.1. The SMILES string of the molecule is CN(C(=S)C(N)CCCCNCC=N)c1nn[nH]n1. The van der Waals surface area contributed by atoms with Gasteiger partial charge in [0.25, 0.3) is 5.95 Å². The first-order valence-corrected chi connectivity index (χ1v) is 6.54. The lowest BCUT2D eigenvalue weighted by Crippen LogP contribution is -2.41. The minimum atomic E-state index is -0.193. The molecule has 0 aromatic carbocycles. The molecule has 1 rings (SSSR count). The fourth-order valence-electron chi connectivity index (χ4n) is 1.56.